The van der Waals surface area contributed by atoms with Crippen molar-refractivity contribution < 1.29 is 0 Å². The van der Waals surface area contributed by atoms with Crippen LogP contribution in [0.15, 0.2) is 53.9 Å². The molecule has 1 N–H and O–H groups in total. The van der Waals surface area contributed by atoms with Crippen LogP contribution in [-0.2, 0) is 12.8 Å². The van der Waals surface area contributed by atoms with Gasteiger partial charge in [-0.1, -0.05) is 36.4 Å². The van der Waals surface area contributed by atoms with Crippen LogP contribution in [-0.4, -0.2) is 6.04 Å². The van der Waals surface area contributed by atoms with Gasteiger partial charge in [0.1, 0.15) is 0 Å². The molecule has 1 aromatic heterocycles. The molecular weight excluding hydrogens is 250 g/mol. The molecule has 3 aromatic rings. The minimum absolute atomic E-state index is 0.537. The molecule has 2 aromatic carbocycles. The Morgan fingerprint density at radius 1 is 1.05 bits per heavy atom. The van der Waals surface area contributed by atoms with Gasteiger partial charge in [-0.3, -0.25) is 0 Å². The molecule has 2 heterocycles. The first-order chi connectivity index (χ1) is 9.40. The largest absolute Gasteiger partial charge is 0.381 e. The van der Waals surface area contributed by atoms with Crippen LogP contribution in [0.25, 0.3) is 10.1 Å². The number of nitrogens with one attached hydrogen (secondary N) is 1. The second kappa shape index (κ2) is 4.39. The highest BCUT2D eigenvalue weighted by Gasteiger charge is 2.20. The predicted octanol–water partition coefficient (Wildman–Crippen LogP) is 4.48. The Morgan fingerprint density at radius 3 is 2.84 bits per heavy atom. The Balaban J connectivity index is 1.60. The summed E-state index contributed by atoms with van der Waals surface area (Å²) in [6.45, 7) is 0. The lowest BCUT2D eigenvalue weighted by molar-refractivity contribution is 0.751. The van der Waals surface area contributed by atoms with Crippen LogP contribution >= 0.6 is 11.3 Å². The van der Waals surface area contributed by atoms with E-state index in [2.05, 4.69) is 59.2 Å². The molecule has 0 fully saturated rings. The van der Waals surface area contributed by atoms with Gasteiger partial charge in [0.15, 0.2) is 0 Å². The van der Waals surface area contributed by atoms with E-state index in [1.165, 1.54) is 26.9 Å². The standard InChI is InChI=1S/C17H15NS/c1-3-7-16-12(5-1)9-14(18-16)10-13-11-19-17-8-4-2-6-15(13)17/h1-8,11,14,18H,9-10H2. The lowest BCUT2D eigenvalue weighted by atomic mass is 10.0. The molecule has 1 unspecified atom stereocenters. The minimum atomic E-state index is 0.537. The van der Waals surface area contributed by atoms with Crippen LogP contribution in [0.1, 0.15) is 11.1 Å². The summed E-state index contributed by atoms with van der Waals surface area (Å²) in [5.41, 5.74) is 4.24. The molecule has 1 atom stereocenters. The van der Waals surface area contributed by atoms with E-state index >= 15 is 0 Å². The summed E-state index contributed by atoms with van der Waals surface area (Å²) in [5.74, 6) is 0. The van der Waals surface area contributed by atoms with Crippen molar-refractivity contribution in [2.24, 2.45) is 0 Å². The number of hydrogen-bond acceptors (Lipinski definition) is 2. The Kier molecular flexibility index (Phi) is 2.56. The predicted molar refractivity (Wildman–Crippen MR) is 83.1 cm³/mol. The van der Waals surface area contributed by atoms with Crippen molar-refractivity contribution in [3.8, 4) is 0 Å². The van der Waals surface area contributed by atoms with E-state index in [0.29, 0.717) is 6.04 Å². The molecule has 1 nitrogen and oxygen atoms in total. The van der Waals surface area contributed by atoms with Crippen molar-refractivity contribution in [1.82, 2.24) is 0 Å². The van der Waals surface area contributed by atoms with Crippen LogP contribution in [0.2, 0.25) is 0 Å². The lowest BCUT2D eigenvalue weighted by Crippen LogP contribution is -2.18. The van der Waals surface area contributed by atoms with Gasteiger partial charge in [0.2, 0.25) is 0 Å². The second-order valence-corrected chi connectivity index (χ2v) is 6.07. The summed E-state index contributed by atoms with van der Waals surface area (Å²) < 4.78 is 1.40. The van der Waals surface area contributed by atoms with Crippen molar-refractivity contribution in [3.63, 3.8) is 0 Å². The van der Waals surface area contributed by atoms with Crippen LogP contribution in [0.4, 0.5) is 5.69 Å². The van der Waals surface area contributed by atoms with Crippen LogP contribution in [0, 0.1) is 0 Å². The molecule has 1 aliphatic rings. The molecule has 0 spiro atoms. The average molecular weight is 265 g/mol. The van der Waals surface area contributed by atoms with Gasteiger partial charge in [-0.25, -0.2) is 0 Å². The molecule has 4 rings (SSSR count). The summed E-state index contributed by atoms with van der Waals surface area (Å²) in [5, 5.41) is 7.38. The Bertz CT molecular complexity index is 704. The van der Waals surface area contributed by atoms with Crippen molar-refractivity contribution in [3.05, 3.63) is 65.0 Å². The molecule has 2 heteroatoms. The molecule has 0 bridgehead atoms. The molecule has 0 radical (unpaired) electrons. The monoisotopic (exact) mass is 265 g/mol. The Labute approximate surface area is 116 Å². The quantitative estimate of drug-likeness (QED) is 0.720. The highest BCUT2D eigenvalue weighted by atomic mass is 32.1. The van der Waals surface area contributed by atoms with E-state index in [1.807, 2.05) is 11.3 Å². The number of thiophene rings is 1. The summed E-state index contributed by atoms with van der Waals surface area (Å²) in [4.78, 5) is 0. The normalized spacial score (nSPS) is 17.4. The van der Waals surface area contributed by atoms with E-state index in [4.69, 9.17) is 0 Å². The van der Waals surface area contributed by atoms with Gasteiger partial charge >= 0.3 is 0 Å². The van der Waals surface area contributed by atoms with Gasteiger partial charge in [-0.05, 0) is 46.9 Å². The number of benzene rings is 2. The molecule has 19 heavy (non-hydrogen) atoms. The summed E-state index contributed by atoms with van der Waals surface area (Å²) in [6, 6.07) is 17.9. The number of fused-ring (bicyclic) bond motifs is 2. The van der Waals surface area contributed by atoms with E-state index in [-0.39, 0.29) is 0 Å². The number of rotatable bonds is 2. The highest BCUT2D eigenvalue weighted by Crippen LogP contribution is 2.31. The lowest BCUT2D eigenvalue weighted by Gasteiger charge is -2.10. The maximum atomic E-state index is 3.64. The fourth-order valence-corrected chi connectivity index (χ4v) is 3.93. The molecular formula is C17H15NS. The van der Waals surface area contributed by atoms with Gasteiger partial charge < -0.3 is 5.32 Å². The van der Waals surface area contributed by atoms with Gasteiger partial charge in [0, 0.05) is 16.4 Å². The highest BCUT2D eigenvalue weighted by molar-refractivity contribution is 7.17. The Hall–Kier alpha value is -1.80. The van der Waals surface area contributed by atoms with E-state index in [0.717, 1.165) is 12.8 Å². The maximum absolute atomic E-state index is 3.64. The molecule has 1 aliphatic heterocycles. The zero-order valence-electron chi connectivity index (χ0n) is 10.6. The fourth-order valence-electron chi connectivity index (χ4n) is 2.96. The molecule has 0 saturated carbocycles. The molecule has 0 aliphatic carbocycles. The molecule has 94 valence electrons. The first-order valence-electron chi connectivity index (χ1n) is 6.70. The van der Waals surface area contributed by atoms with E-state index in [1.54, 1.807) is 0 Å². The van der Waals surface area contributed by atoms with Crippen molar-refractivity contribution in [1.29, 1.82) is 0 Å². The minimum Gasteiger partial charge on any atom is -0.381 e. The van der Waals surface area contributed by atoms with E-state index in [9.17, 15) is 0 Å². The number of hydrogen-bond donors (Lipinski definition) is 1. The van der Waals surface area contributed by atoms with Gasteiger partial charge in [0.05, 0.1) is 0 Å². The van der Waals surface area contributed by atoms with E-state index < -0.39 is 0 Å². The fraction of sp³-hybridized carbons (Fsp3) is 0.176. The number of para-hydroxylation sites is 1. The zero-order valence-corrected chi connectivity index (χ0v) is 11.4. The zero-order chi connectivity index (χ0) is 12.7. The first-order valence-corrected chi connectivity index (χ1v) is 7.58. The summed E-state index contributed by atoms with van der Waals surface area (Å²) in [6.07, 6.45) is 2.25. The van der Waals surface area contributed by atoms with Crippen LogP contribution in [0.3, 0.4) is 0 Å². The average Bonchev–Trinajstić information content (AvgIpc) is 3.03. The van der Waals surface area contributed by atoms with Crippen molar-refractivity contribution in [2.45, 2.75) is 18.9 Å². The summed E-state index contributed by atoms with van der Waals surface area (Å²) in [7, 11) is 0. The molecule has 0 saturated heterocycles. The van der Waals surface area contributed by atoms with Gasteiger partial charge in [0.25, 0.3) is 0 Å². The third kappa shape index (κ3) is 1.92. The van der Waals surface area contributed by atoms with Gasteiger partial charge in [-0.15, -0.1) is 11.3 Å². The smallest absolute Gasteiger partial charge is 0.0375 e. The first kappa shape index (κ1) is 11.1. The molecule has 0 amide bonds. The third-order valence-electron chi connectivity index (χ3n) is 3.87. The Morgan fingerprint density at radius 2 is 1.89 bits per heavy atom. The van der Waals surface area contributed by atoms with Crippen LogP contribution < -0.4 is 5.32 Å². The third-order valence-corrected chi connectivity index (χ3v) is 4.88. The van der Waals surface area contributed by atoms with Crippen LogP contribution in [0.5, 0.6) is 0 Å². The summed E-state index contributed by atoms with van der Waals surface area (Å²) >= 11 is 1.85. The number of anilines is 1. The SMILES string of the molecule is c1ccc2c(c1)CC(Cc1csc3ccccc13)N2. The maximum Gasteiger partial charge on any atom is 0.0375 e. The van der Waals surface area contributed by atoms with Crippen molar-refractivity contribution in [2.75, 3.05) is 5.32 Å². The second-order valence-electron chi connectivity index (χ2n) is 5.16. The topological polar surface area (TPSA) is 12.0 Å². The van der Waals surface area contributed by atoms with Gasteiger partial charge in [-0.2, -0.15) is 0 Å². The van der Waals surface area contributed by atoms with Crippen molar-refractivity contribution >= 4 is 27.1 Å².